The molecular formula is C26H35N7OS. The Morgan fingerprint density at radius 3 is 2.63 bits per heavy atom. The normalized spacial score (nSPS) is 20.6. The predicted octanol–water partition coefficient (Wildman–Crippen LogP) is 4.86. The number of piperazine rings is 1. The van der Waals surface area contributed by atoms with E-state index in [4.69, 9.17) is 14.7 Å². The number of fused-ring (bicyclic) bond motifs is 3. The molecule has 1 aliphatic heterocycles. The summed E-state index contributed by atoms with van der Waals surface area (Å²) < 4.78 is 6.61. The first-order valence-corrected chi connectivity index (χ1v) is 13.9. The molecule has 0 radical (unpaired) electrons. The molecule has 1 saturated heterocycles. The number of hydrogen-bond acceptors (Lipinski definition) is 9. The molecule has 0 spiro atoms. The Hall–Kier alpha value is -2.52. The lowest BCUT2D eigenvalue weighted by Gasteiger charge is -2.29. The third kappa shape index (κ3) is 4.93. The van der Waals surface area contributed by atoms with Crippen LogP contribution in [-0.2, 0) is 12.8 Å². The highest BCUT2D eigenvalue weighted by molar-refractivity contribution is 7.18. The van der Waals surface area contributed by atoms with E-state index in [1.165, 1.54) is 36.1 Å². The molecule has 3 aromatic rings. The summed E-state index contributed by atoms with van der Waals surface area (Å²) in [6.45, 7) is 8.50. The van der Waals surface area contributed by atoms with E-state index in [0.29, 0.717) is 11.4 Å². The maximum atomic E-state index is 6.61. The van der Waals surface area contributed by atoms with E-state index in [1.807, 2.05) is 23.7 Å². The fourth-order valence-corrected chi connectivity index (χ4v) is 6.68. The Morgan fingerprint density at radius 2 is 1.86 bits per heavy atom. The molecule has 3 aliphatic rings. The number of ether oxygens (including phenoxy) is 1. The van der Waals surface area contributed by atoms with Gasteiger partial charge in [0.15, 0.2) is 0 Å². The van der Waals surface area contributed by atoms with Crippen molar-refractivity contribution < 1.29 is 4.74 Å². The summed E-state index contributed by atoms with van der Waals surface area (Å²) in [5.74, 6) is 2.07. The Kier molecular flexibility index (Phi) is 6.22. The van der Waals surface area contributed by atoms with Gasteiger partial charge in [-0.15, -0.1) is 11.3 Å². The first kappa shape index (κ1) is 22.9. The molecule has 0 aromatic carbocycles. The second kappa shape index (κ2) is 9.50. The van der Waals surface area contributed by atoms with Crippen LogP contribution in [0.25, 0.3) is 10.2 Å². The van der Waals surface area contributed by atoms with E-state index >= 15 is 0 Å². The summed E-state index contributed by atoms with van der Waals surface area (Å²) >= 11 is 1.81. The summed E-state index contributed by atoms with van der Waals surface area (Å²) in [6.07, 6.45) is 13.2. The topological polar surface area (TPSA) is 88.1 Å². The van der Waals surface area contributed by atoms with Gasteiger partial charge in [0.2, 0.25) is 17.8 Å². The van der Waals surface area contributed by atoms with Crippen molar-refractivity contribution in [3.05, 3.63) is 22.8 Å². The average Bonchev–Trinajstić information content (AvgIpc) is 3.22. The van der Waals surface area contributed by atoms with Gasteiger partial charge < -0.3 is 20.3 Å². The zero-order valence-corrected chi connectivity index (χ0v) is 21.6. The summed E-state index contributed by atoms with van der Waals surface area (Å²) in [5.41, 5.74) is 2.49. The van der Waals surface area contributed by atoms with Crippen molar-refractivity contribution in [2.75, 3.05) is 36.4 Å². The molecule has 35 heavy (non-hydrogen) atoms. The number of thiophene rings is 1. The van der Waals surface area contributed by atoms with Crippen molar-refractivity contribution in [1.29, 1.82) is 0 Å². The number of nitrogens with one attached hydrogen (secondary N) is 2. The predicted molar refractivity (Wildman–Crippen MR) is 141 cm³/mol. The van der Waals surface area contributed by atoms with Gasteiger partial charge in [0.1, 0.15) is 10.9 Å². The SMILES string of the molecule is CC1(C)CCc2sc3nc(Nc4cnc(N5CCNCC5)nc4)nc(OC4CCCCC4)c3c2C1. The minimum atomic E-state index is 0.239. The maximum absolute atomic E-state index is 6.61. The molecule has 2 fully saturated rings. The quantitative estimate of drug-likeness (QED) is 0.521. The monoisotopic (exact) mass is 493 g/mol. The number of aromatic nitrogens is 4. The van der Waals surface area contributed by atoms with Crippen molar-refractivity contribution in [3.63, 3.8) is 0 Å². The van der Waals surface area contributed by atoms with Crippen LogP contribution in [0.4, 0.5) is 17.6 Å². The van der Waals surface area contributed by atoms with Gasteiger partial charge in [0, 0.05) is 31.1 Å². The summed E-state index contributed by atoms with van der Waals surface area (Å²) in [4.78, 5) is 23.7. The molecule has 8 nitrogen and oxygen atoms in total. The summed E-state index contributed by atoms with van der Waals surface area (Å²) in [5, 5.41) is 7.85. The largest absolute Gasteiger partial charge is 0.474 e. The second-order valence-electron chi connectivity index (χ2n) is 10.9. The van der Waals surface area contributed by atoms with Crippen LogP contribution in [0.15, 0.2) is 12.4 Å². The zero-order valence-electron chi connectivity index (χ0n) is 20.8. The summed E-state index contributed by atoms with van der Waals surface area (Å²) in [6, 6.07) is 0. The molecule has 0 atom stereocenters. The van der Waals surface area contributed by atoms with Gasteiger partial charge in [0.05, 0.1) is 23.5 Å². The minimum Gasteiger partial charge on any atom is -0.474 e. The third-order valence-electron chi connectivity index (χ3n) is 7.51. The minimum absolute atomic E-state index is 0.239. The molecular weight excluding hydrogens is 458 g/mol. The van der Waals surface area contributed by atoms with Crippen molar-refractivity contribution in [2.24, 2.45) is 5.41 Å². The molecule has 0 bridgehead atoms. The molecule has 186 valence electrons. The highest BCUT2D eigenvalue weighted by Gasteiger charge is 2.31. The zero-order chi connectivity index (χ0) is 23.8. The number of anilines is 3. The van der Waals surface area contributed by atoms with Crippen LogP contribution in [0.2, 0.25) is 0 Å². The Bertz CT molecular complexity index is 1180. The average molecular weight is 494 g/mol. The van der Waals surface area contributed by atoms with Crippen molar-refractivity contribution >= 4 is 39.1 Å². The van der Waals surface area contributed by atoms with E-state index in [-0.39, 0.29) is 6.10 Å². The van der Waals surface area contributed by atoms with Gasteiger partial charge >= 0.3 is 0 Å². The van der Waals surface area contributed by atoms with E-state index in [9.17, 15) is 0 Å². The van der Waals surface area contributed by atoms with E-state index in [1.54, 1.807) is 0 Å². The number of nitrogens with zero attached hydrogens (tertiary/aromatic N) is 5. The van der Waals surface area contributed by atoms with Crippen LogP contribution < -0.4 is 20.3 Å². The maximum Gasteiger partial charge on any atom is 0.232 e. The molecule has 2 N–H and O–H groups in total. The van der Waals surface area contributed by atoms with Crippen LogP contribution in [-0.4, -0.2) is 52.2 Å². The van der Waals surface area contributed by atoms with Gasteiger partial charge in [-0.2, -0.15) is 4.98 Å². The first-order valence-electron chi connectivity index (χ1n) is 13.1. The molecule has 0 unspecified atom stereocenters. The lowest BCUT2D eigenvalue weighted by Crippen LogP contribution is -2.44. The molecule has 2 aliphatic carbocycles. The Morgan fingerprint density at radius 1 is 1.09 bits per heavy atom. The van der Waals surface area contributed by atoms with Crippen molar-refractivity contribution in [2.45, 2.75) is 71.3 Å². The van der Waals surface area contributed by atoms with E-state index in [0.717, 1.165) is 79.6 Å². The standard InChI is InChI=1S/C26H35N7OS/c1-26(2)9-8-20-19(14-26)21-22(34-18-6-4-3-5-7-18)31-24(32-23(21)35-20)30-17-15-28-25(29-16-17)33-12-10-27-11-13-33/h15-16,18,27H,3-14H2,1-2H3,(H,30,31,32). The van der Waals surface area contributed by atoms with Gasteiger partial charge in [-0.05, 0) is 55.9 Å². The molecule has 6 rings (SSSR count). The first-order chi connectivity index (χ1) is 17.0. The van der Waals surface area contributed by atoms with Crippen LogP contribution in [0.1, 0.15) is 62.8 Å². The van der Waals surface area contributed by atoms with E-state index in [2.05, 4.69) is 39.3 Å². The van der Waals surface area contributed by atoms with Crippen molar-refractivity contribution in [3.8, 4) is 5.88 Å². The molecule has 0 amide bonds. The smallest absolute Gasteiger partial charge is 0.232 e. The Balaban J connectivity index is 1.31. The van der Waals surface area contributed by atoms with Crippen LogP contribution >= 0.6 is 11.3 Å². The number of rotatable bonds is 5. The van der Waals surface area contributed by atoms with Crippen LogP contribution in [0.5, 0.6) is 5.88 Å². The second-order valence-corrected chi connectivity index (χ2v) is 12.0. The molecule has 3 aromatic heterocycles. The molecule has 1 saturated carbocycles. The van der Waals surface area contributed by atoms with Gasteiger partial charge in [-0.3, -0.25) is 0 Å². The third-order valence-corrected chi connectivity index (χ3v) is 8.70. The number of hydrogen-bond donors (Lipinski definition) is 2. The van der Waals surface area contributed by atoms with Crippen LogP contribution in [0, 0.1) is 5.41 Å². The molecule has 4 heterocycles. The molecule has 9 heteroatoms. The lowest BCUT2D eigenvalue weighted by atomic mass is 9.76. The van der Waals surface area contributed by atoms with Crippen LogP contribution in [0.3, 0.4) is 0 Å². The van der Waals surface area contributed by atoms with Gasteiger partial charge in [0.25, 0.3) is 0 Å². The van der Waals surface area contributed by atoms with Gasteiger partial charge in [-0.25, -0.2) is 15.0 Å². The summed E-state index contributed by atoms with van der Waals surface area (Å²) in [7, 11) is 0. The lowest BCUT2D eigenvalue weighted by molar-refractivity contribution is 0.151. The van der Waals surface area contributed by atoms with Gasteiger partial charge in [-0.1, -0.05) is 20.3 Å². The highest BCUT2D eigenvalue weighted by atomic mass is 32.1. The van der Waals surface area contributed by atoms with E-state index < -0.39 is 0 Å². The number of aryl methyl sites for hydroxylation is 1. The van der Waals surface area contributed by atoms with Crippen molar-refractivity contribution in [1.82, 2.24) is 25.3 Å². The highest BCUT2D eigenvalue weighted by Crippen LogP contribution is 2.45. The fourth-order valence-electron chi connectivity index (χ4n) is 5.50. The fraction of sp³-hybridized carbons (Fsp3) is 0.615. The Labute approximate surface area is 210 Å².